The molecule has 1 aromatic rings. The van der Waals surface area contributed by atoms with Gasteiger partial charge in [0.1, 0.15) is 5.78 Å². The summed E-state index contributed by atoms with van der Waals surface area (Å²) in [6.45, 7) is 20.7. The Morgan fingerprint density at radius 3 is 1.95 bits per heavy atom. The third-order valence-corrected chi connectivity index (χ3v) is 5.41. The van der Waals surface area contributed by atoms with Gasteiger partial charge in [-0.3, -0.25) is 4.79 Å². The van der Waals surface area contributed by atoms with Crippen molar-refractivity contribution in [3.63, 3.8) is 0 Å². The molecule has 0 amide bonds. The van der Waals surface area contributed by atoms with Gasteiger partial charge >= 0.3 is 33.9 Å². The average molecular weight is 568 g/mol. The van der Waals surface area contributed by atoms with Gasteiger partial charge in [-0.2, -0.15) is 0 Å². The van der Waals surface area contributed by atoms with Crippen LogP contribution < -0.4 is 0 Å². The number of unbranched alkanes of at least 4 members (excludes halogenated alkanes) is 5. The average Bonchev–Trinajstić information content (AvgIpc) is 2.95. The van der Waals surface area contributed by atoms with Gasteiger partial charge in [-0.05, 0) is 50.5 Å². The van der Waals surface area contributed by atoms with Gasteiger partial charge in [0.25, 0.3) is 0 Å². The van der Waals surface area contributed by atoms with E-state index in [2.05, 4.69) is 33.8 Å². The number of rotatable bonds is 21. The minimum atomic E-state index is -0.645. The number of carbonyl (C=O) groups is 1. The second kappa shape index (κ2) is 35.1. The molecular formula is C30H40FeO7-. The molecule has 38 heavy (non-hydrogen) atoms. The van der Waals surface area contributed by atoms with E-state index >= 15 is 0 Å². The van der Waals surface area contributed by atoms with Crippen LogP contribution in [0.25, 0.3) is 0 Å². The summed E-state index contributed by atoms with van der Waals surface area (Å²) in [6, 6.07) is 10.1. The molecule has 0 aromatic heterocycles. The number of hydrogen-bond acceptors (Lipinski definition) is 4. The maximum atomic E-state index is 12.2. The fourth-order valence-corrected chi connectivity index (χ4v) is 3.54. The van der Waals surface area contributed by atoms with Crippen molar-refractivity contribution in [1.29, 1.82) is 0 Å². The summed E-state index contributed by atoms with van der Waals surface area (Å²) in [5.41, 5.74) is 0.516. The first kappa shape index (κ1) is 43.1. The van der Waals surface area contributed by atoms with Gasteiger partial charge in [-0.25, -0.2) is 0 Å². The monoisotopic (exact) mass is 568 g/mol. The summed E-state index contributed by atoms with van der Waals surface area (Å²) in [5.74, 6) is 0.0883. The molecule has 0 saturated carbocycles. The van der Waals surface area contributed by atoms with Gasteiger partial charge in [0.05, 0.1) is 12.2 Å². The molecule has 0 atom stereocenters. The van der Waals surface area contributed by atoms with Crippen LogP contribution in [0.4, 0.5) is 0 Å². The fraction of sp³-hybridized carbons (Fsp3) is 0.533. The second-order valence-electron chi connectivity index (χ2n) is 8.15. The van der Waals surface area contributed by atoms with E-state index in [9.17, 15) is 9.59 Å². The SMILES string of the molecule is CCCCCC([CH][CH][CH]C(=O)CCCCOCc1ccccc1)(CCCCC)O[C-]=O.[C-]#[O+].[C-]#[O+].[C-]#[O+].[Fe]. The smallest absolute Gasteiger partial charge is 0 e. The molecule has 8 heteroatoms. The third kappa shape index (κ3) is 25.7. The van der Waals surface area contributed by atoms with Gasteiger partial charge in [-0.1, -0.05) is 76.3 Å². The second-order valence-corrected chi connectivity index (χ2v) is 8.15. The van der Waals surface area contributed by atoms with Crippen LogP contribution in [0.15, 0.2) is 30.3 Å². The molecule has 0 unspecified atom stereocenters. The minimum Gasteiger partial charge on any atom is 0 e. The summed E-state index contributed by atoms with van der Waals surface area (Å²) in [4.78, 5) is 23.2. The molecule has 0 aliphatic rings. The maximum absolute atomic E-state index is 12.2. The molecule has 0 bridgehead atoms. The molecular weight excluding hydrogens is 528 g/mol. The summed E-state index contributed by atoms with van der Waals surface area (Å²) in [6.07, 6.45) is 15.4. The number of carbonyl (C=O) groups excluding carboxylic acids is 2. The molecule has 7 nitrogen and oxygen atoms in total. The molecule has 0 fully saturated rings. The number of benzene rings is 1. The van der Waals surface area contributed by atoms with Crippen LogP contribution in [0, 0.1) is 39.2 Å². The van der Waals surface area contributed by atoms with E-state index in [1.165, 1.54) is 0 Å². The Hall–Kier alpha value is -1.94. The van der Waals surface area contributed by atoms with Gasteiger partial charge in [0.2, 0.25) is 0 Å². The van der Waals surface area contributed by atoms with Crippen LogP contribution in [0.2, 0.25) is 0 Å². The quantitative estimate of drug-likeness (QED) is 0.0737. The maximum Gasteiger partial charge on any atom is 0 e. The Balaban J connectivity index is -0.000000767. The minimum absolute atomic E-state index is 0. The molecule has 0 aliphatic heterocycles. The van der Waals surface area contributed by atoms with Crippen molar-refractivity contribution in [1.82, 2.24) is 0 Å². The van der Waals surface area contributed by atoms with E-state index in [0.29, 0.717) is 19.6 Å². The zero-order valence-electron chi connectivity index (χ0n) is 22.5. The first-order valence-corrected chi connectivity index (χ1v) is 12.5. The van der Waals surface area contributed by atoms with Crippen molar-refractivity contribution in [2.24, 2.45) is 0 Å². The molecule has 0 N–H and O–H groups in total. The van der Waals surface area contributed by atoms with Crippen molar-refractivity contribution in [2.45, 2.75) is 96.7 Å². The third-order valence-electron chi connectivity index (χ3n) is 5.41. The zero-order valence-corrected chi connectivity index (χ0v) is 23.6. The van der Waals surface area contributed by atoms with Crippen LogP contribution in [-0.2, 0) is 56.7 Å². The first-order valence-electron chi connectivity index (χ1n) is 12.5. The summed E-state index contributed by atoms with van der Waals surface area (Å²) < 4.78 is 33.6. The standard InChI is InChI=1S/C27H40O4.3CO.Fe/c1-3-5-11-19-27(31-24-28,20-12-6-4-2)21-14-18-26(29)17-10-13-22-30-23-25-15-8-7-9-16-25;3*1-2;/h7-9,14-16,18,21H,3-6,10-13,17,19-20,22-23H2,1-2H3;;;;/q-1;;;;. The Bertz CT molecular complexity index is 677. The first-order chi connectivity index (χ1) is 18.2. The van der Waals surface area contributed by atoms with Crippen LogP contribution in [0.3, 0.4) is 0 Å². The largest absolute Gasteiger partial charge is 0 e. The predicted octanol–water partition coefficient (Wildman–Crippen LogP) is 6.42. The van der Waals surface area contributed by atoms with Crippen LogP contribution in [0.5, 0.6) is 0 Å². The molecule has 211 valence electrons. The topological polar surface area (TPSA) is 112 Å². The molecule has 0 heterocycles. The van der Waals surface area contributed by atoms with Crippen molar-refractivity contribution in [3.8, 4) is 0 Å². The Kier molecular flexibility index (Phi) is 39.8. The Morgan fingerprint density at radius 1 is 0.895 bits per heavy atom. The molecule has 0 saturated heterocycles. The molecule has 3 radical (unpaired) electrons. The van der Waals surface area contributed by atoms with Gasteiger partial charge in [-0.15, -0.1) is 0 Å². The van der Waals surface area contributed by atoms with E-state index in [1.807, 2.05) is 36.8 Å². The van der Waals surface area contributed by atoms with Crippen molar-refractivity contribution in [2.75, 3.05) is 6.61 Å². The molecule has 0 aliphatic carbocycles. The summed E-state index contributed by atoms with van der Waals surface area (Å²) in [7, 11) is 0. The Labute approximate surface area is 240 Å². The van der Waals surface area contributed by atoms with Crippen LogP contribution in [-0.4, -0.2) is 24.5 Å². The molecule has 0 spiro atoms. The van der Waals surface area contributed by atoms with E-state index in [1.54, 1.807) is 19.3 Å². The van der Waals surface area contributed by atoms with Crippen LogP contribution in [0.1, 0.15) is 90.0 Å². The normalized spacial score (nSPS) is 9.47. The van der Waals surface area contributed by atoms with E-state index in [-0.39, 0.29) is 22.9 Å². The number of hydrogen-bond donors (Lipinski definition) is 0. The Morgan fingerprint density at radius 2 is 1.45 bits per heavy atom. The number of ether oxygens (including phenoxy) is 2. The number of Topliss-reactive ketones (excluding diaryl/α,β-unsaturated/α-hetero) is 1. The van der Waals surface area contributed by atoms with Crippen LogP contribution >= 0.6 is 0 Å². The van der Waals surface area contributed by atoms with Crippen molar-refractivity contribution < 1.29 is 50.1 Å². The fourth-order valence-electron chi connectivity index (χ4n) is 3.54. The van der Waals surface area contributed by atoms with Gasteiger partial charge in [0.15, 0.2) is 0 Å². The van der Waals surface area contributed by atoms with Gasteiger partial charge < -0.3 is 14.3 Å². The molecule has 1 aromatic carbocycles. The predicted molar refractivity (Wildman–Crippen MR) is 137 cm³/mol. The van der Waals surface area contributed by atoms with Crippen molar-refractivity contribution >= 4 is 12.3 Å². The van der Waals surface area contributed by atoms with E-state index in [4.69, 9.17) is 23.4 Å². The van der Waals surface area contributed by atoms with E-state index < -0.39 is 5.60 Å². The van der Waals surface area contributed by atoms with Gasteiger partial charge in [0, 0.05) is 42.9 Å². The zero-order chi connectivity index (χ0) is 28.6. The molecule has 1 rings (SSSR count). The summed E-state index contributed by atoms with van der Waals surface area (Å²) >= 11 is 0. The van der Waals surface area contributed by atoms with Crippen molar-refractivity contribution in [3.05, 3.63) is 75.1 Å². The number of ketones is 1. The van der Waals surface area contributed by atoms with E-state index in [0.717, 1.165) is 69.8 Å². The summed E-state index contributed by atoms with van der Waals surface area (Å²) in [5, 5.41) is 0.